The molecule has 0 fully saturated rings. The molecule has 3 nitrogen and oxygen atoms in total. The molecule has 4 heteroatoms. The van der Waals surface area contributed by atoms with Gasteiger partial charge in [0.2, 0.25) is 0 Å². The number of hydrogen-bond donors (Lipinski definition) is 1. The van der Waals surface area contributed by atoms with Crippen molar-refractivity contribution in [3.63, 3.8) is 0 Å². The van der Waals surface area contributed by atoms with E-state index in [2.05, 4.69) is 0 Å². The van der Waals surface area contributed by atoms with Crippen LogP contribution < -0.4 is 9.47 Å². The molecule has 2 aromatic carbocycles. The molecule has 0 saturated carbocycles. The summed E-state index contributed by atoms with van der Waals surface area (Å²) in [5.41, 5.74) is 0.757. The minimum Gasteiger partial charge on any atom is -0.497 e. The molecular weight excluding hydrogens is 264 g/mol. The Balaban J connectivity index is 2.18. The number of methoxy groups -OCH3 is 1. The minimum absolute atomic E-state index is 0.467. The Morgan fingerprint density at radius 1 is 1.05 bits per heavy atom. The maximum absolute atomic E-state index is 9.47. The molecule has 0 amide bonds. The lowest BCUT2D eigenvalue weighted by Gasteiger charge is -2.11. The Bertz CT molecular complexity index is 550. The van der Waals surface area contributed by atoms with Crippen molar-refractivity contribution >= 4 is 11.6 Å². The summed E-state index contributed by atoms with van der Waals surface area (Å²) in [6, 6.07) is 12.5. The number of halogens is 1. The van der Waals surface area contributed by atoms with Gasteiger partial charge in [-0.25, -0.2) is 0 Å². The largest absolute Gasteiger partial charge is 0.497 e. The van der Waals surface area contributed by atoms with Crippen molar-refractivity contribution in [3.8, 4) is 17.2 Å². The summed E-state index contributed by atoms with van der Waals surface area (Å²) in [7, 11) is 1.61. The van der Waals surface area contributed by atoms with Gasteiger partial charge in [0.25, 0.3) is 0 Å². The van der Waals surface area contributed by atoms with Crippen LogP contribution in [0.1, 0.15) is 18.6 Å². The number of hydrogen-bond acceptors (Lipinski definition) is 3. The molecule has 2 rings (SSSR count). The summed E-state index contributed by atoms with van der Waals surface area (Å²) in [6.45, 7) is 1.69. The van der Waals surface area contributed by atoms with Crippen LogP contribution in [0.4, 0.5) is 0 Å². The molecule has 0 saturated heterocycles. The van der Waals surface area contributed by atoms with Gasteiger partial charge in [-0.3, -0.25) is 0 Å². The van der Waals surface area contributed by atoms with Gasteiger partial charge in [0.1, 0.15) is 17.2 Å². The highest BCUT2D eigenvalue weighted by Gasteiger charge is 2.07. The first-order valence-electron chi connectivity index (χ1n) is 5.89. The zero-order chi connectivity index (χ0) is 13.8. The van der Waals surface area contributed by atoms with Gasteiger partial charge in [0, 0.05) is 0 Å². The Hall–Kier alpha value is -1.71. The molecule has 2 aromatic rings. The number of aliphatic hydroxyl groups is 1. The smallest absolute Gasteiger partial charge is 0.146 e. The quantitative estimate of drug-likeness (QED) is 0.911. The lowest BCUT2D eigenvalue weighted by Crippen LogP contribution is -1.92. The first-order chi connectivity index (χ1) is 9.10. The van der Waals surface area contributed by atoms with Gasteiger partial charge in [-0.2, -0.15) is 0 Å². The lowest BCUT2D eigenvalue weighted by atomic mass is 10.1. The number of ether oxygens (including phenoxy) is 2. The van der Waals surface area contributed by atoms with E-state index in [1.807, 2.05) is 12.1 Å². The van der Waals surface area contributed by atoms with Crippen LogP contribution >= 0.6 is 11.6 Å². The number of rotatable bonds is 4. The van der Waals surface area contributed by atoms with Gasteiger partial charge in [-0.1, -0.05) is 17.7 Å². The van der Waals surface area contributed by atoms with E-state index >= 15 is 0 Å². The molecule has 19 heavy (non-hydrogen) atoms. The van der Waals surface area contributed by atoms with E-state index in [0.29, 0.717) is 16.5 Å². The fourth-order valence-electron chi connectivity index (χ4n) is 1.63. The van der Waals surface area contributed by atoms with Crippen LogP contribution in [0.2, 0.25) is 5.02 Å². The predicted octanol–water partition coefficient (Wildman–Crippen LogP) is 4.19. The van der Waals surface area contributed by atoms with E-state index in [0.717, 1.165) is 11.3 Å². The third-order valence-electron chi connectivity index (χ3n) is 2.73. The van der Waals surface area contributed by atoms with E-state index in [9.17, 15) is 5.11 Å². The summed E-state index contributed by atoms with van der Waals surface area (Å²) in [4.78, 5) is 0. The second-order valence-electron chi connectivity index (χ2n) is 4.14. The van der Waals surface area contributed by atoms with Crippen molar-refractivity contribution < 1.29 is 14.6 Å². The summed E-state index contributed by atoms with van der Waals surface area (Å²) in [5, 5.41) is 9.94. The fraction of sp³-hybridized carbons (Fsp3) is 0.200. The second-order valence-corrected chi connectivity index (χ2v) is 4.55. The van der Waals surface area contributed by atoms with E-state index in [-0.39, 0.29) is 0 Å². The zero-order valence-corrected chi connectivity index (χ0v) is 11.5. The average molecular weight is 279 g/mol. The van der Waals surface area contributed by atoms with Crippen LogP contribution in [0.25, 0.3) is 0 Å². The monoisotopic (exact) mass is 278 g/mol. The molecular formula is C15H15ClO3. The van der Waals surface area contributed by atoms with E-state index in [1.165, 1.54) is 0 Å². The van der Waals surface area contributed by atoms with Crippen molar-refractivity contribution in [3.05, 3.63) is 53.1 Å². The first kappa shape index (κ1) is 13.7. The van der Waals surface area contributed by atoms with Crippen LogP contribution in [0, 0.1) is 0 Å². The normalized spacial score (nSPS) is 12.0. The van der Waals surface area contributed by atoms with Crippen LogP contribution in [-0.2, 0) is 0 Å². The Morgan fingerprint density at radius 2 is 1.68 bits per heavy atom. The molecule has 0 aliphatic heterocycles. The molecule has 0 aliphatic rings. The molecule has 0 spiro atoms. The summed E-state index contributed by atoms with van der Waals surface area (Å²) >= 11 is 6.12. The van der Waals surface area contributed by atoms with Crippen molar-refractivity contribution in [2.24, 2.45) is 0 Å². The van der Waals surface area contributed by atoms with Gasteiger partial charge in [-0.15, -0.1) is 0 Å². The second kappa shape index (κ2) is 5.95. The van der Waals surface area contributed by atoms with Gasteiger partial charge >= 0.3 is 0 Å². The highest BCUT2D eigenvalue weighted by atomic mass is 35.5. The van der Waals surface area contributed by atoms with Gasteiger partial charge in [0.15, 0.2) is 0 Å². The topological polar surface area (TPSA) is 38.7 Å². The van der Waals surface area contributed by atoms with Crippen molar-refractivity contribution in [1.82, 2.24) is 0 Å². The van der Waals surface area contributed by atoms with Crippen LogP contribution in [0.3, 0.4) is 0 Å². The third kappa shape index (κ3) is 3.40. The minimum atomic E-state index is -0.549. The Kier molecular flexibility index (Phi) is 4.30. The molecule has 0 aromatic heterocycles. The van der Waals surface area contributed by atoms with Crippen molar-refractivity contribution in [2.45, 2.75) is 13.0 Å². The standard InChI is InChI=1S/C15H15ClO3/c1-10(17)11-3-8-15(14(16)9-11)19-13-6-4-12(18-2)5-7-13/h3-10,17H,1-2H3/t10-/m1/s1. The molecule has 0 radical (unpaired) electrons. The predicted molar refractivity (Wildman–Crippen MR) is 75.2 cm³/mol. The van der Waals surface area contributed by atoms with E-state index < -0.39 is 6.10 Å². The molecule has 1 atom stereocenters. The molecule has 0 bridgehead atoms. The average Bonchev–Trinajstić information content (AvgIpc) is 2.41. The lowest BCUT2D eigenvalue weighted by molar-refractivity contribution is 0.199. The Labute approximate surface area is 117 Å². The molecule has 0 unspecified atom stereocenters. The van der Waals surface area contributed by atoms with Crippen LogP contribution in [0.5, 0.6) is 17.2 Å². The SMILES string of the molecule is COc1ccc(Oc2ccc([C@@H](C)O)cc2Cl)cc1. The molecule has 1 N–H and O–H groups in total. The maximum atomic E-state index is 9.47. The fourth-order valence-corrected chi connectivity index (χ4v) is 1.86. The van der Waals surface area contributed by atoms with Gasteiger partial charge in [-0.05, 0) is 48.9 Å². The third-order valence-corrected chi connectivity index (χ3v) is 3.02. The van der Waals surface area contributed by atoms with Crippen LogP contribution in [-0.4, -0.2) is 12.2 Å². The van der Waals surface area contributed by atoms with E-state index in [1.54, 1.807) is 44.4 Å². The van der Waals surface area contributed by atoms with Crippen LogP contribution in [0.15, 0.2) is 42.5 Å². The molecule has 0 aliphatic carbocycles. The van der Waals surface area contributed by atoms with Crippen molar-refractivity contribution in [1.29, 1.82) is 0 Å². The molecule has 100 valence electrons. The number of benzene rings is 2. The summed E-state index contributed by atoms with van der Waals surface area (Å²) in [6.07, 6.45) is -0.549. The highest BCUT2D eigenvalue weighted by Crippen LogP contribution is 2.32. The first-order valence-corrected chi connectivity index (χ1v) is 6.27. The van der Waals surface area contributed by atoms with E-state index in [4.69, 9.17) is 21.1 Å². The summed E-state index contributed by atoms with van der Waals surface area (Å²) in [5.74, 6) is 1.99. The highest BCUT2D eigenvalue weighted by molar-refractivity contribution is 6.32. The van der Waals surface area contributed by atoms with Crippen molar-refractivity contribution in [2.75, 3.05) is 7.11 Å². The molecule has 0 heterocycles. The van der Waals surface area contributed by atoms with Gasteiger partial charge in [0.05, 0.1) is 18.2 Å². The summed E-state index contributed by atoms with van der Waals surface area (Å²) < 4.78 is 10.8. The number of aliphatic hydroxyl groups excluding tert-OH is 1. The zero-order valence-electron chi connectivity index (χ0n) is 10.8. The Morgan fingerprint density at radius 3 is 2.21 bits per heavy atom. The van der Waals surface area contributed by atoms with Gasteiger partial charge < -0.3 is 14.6 Å². The maximum Gasteiger partial charge on any atom is 0.146 e.